The highest BCUT2D eigenvalue weighted by Crippen LogP contribution is 2.34. The quantitative estimate of drug-likeness (QED) is 0.745. The fourth-order valence-electron chi connectivity index (χ4n) is 2.38. The van der Waals surface area contributed by atoms with Crippen molar-refractivity contribution in [3.8, 4) is 5.75 Å². The second kappa shape index (κ2) is 5.28. The maximum absolute atomic E-state index is 12.1. The van der Waals surface area contributed by atoms with Crippen molar-refractivity contribution in [2.24, 2.45) is 0 Å². The Labute approximate surface area is 94.4 Å². The molecule has 0 amide bonds. The number of hydrogen-bond acceptors (Lipinski definition) is 1. The molecule has 0 aromatic heterocycles. The summed E-state index contributed by atoms with van der Waals surface area (Å²) < 4.78 is 28.6. The Hall–Kier alpha value is -1.12. The molecule has 1 fully saturated rings. The lowest BCUT2D eigenvalue weighted by atomic mass is 9.84. The predicted molar refractivity (Wildman–Crippen MR) is 58.9 cm³/mol. The SMILES string of the molecule is FC(F)Oc1cccc(C2CCCCC2)c1. The zero-order valence-corrected chi connectivity index (χ0v) is 9.16. The van der Waals surface area contributed by atoms with Gasteiger partial charge in [0.1, 0.15) is 5.75 Å². The molecular formula is C13H16F2O. The largest absolute Gasteiger partial charge is 0.435 e. The van der Waals surface area contributed by atoms with Crippen LogP contribution in [0, 0.1) is 0 Å². The van der Waals surface area contributed by atoms with E-state index < -0.39 is 6.61 Å². The van der Waals surface area contributed by atoms with Crippen LogP contribution in [0.25, 0.3) is 0 Å². The van der Waals surface area contributed by atoms with E-state index >= 15 is 0 Å². The van der Waals surface area contributed by atoms with Crippen LogP contribution in [0.3, 0.4) is 0 Å². The second-order valence-electron chi connectivity index (χ2n) is 4.29. The molecule has 1 aliphatic carbocycles. The number of ether oxygens (including phenoxy) is 1. The van der Waals surface area contributed by atoms with Gasteiger partial charge in [0.25, 0.3) is 0 Å². The first kappa shape index (κ1) is 11.4. The van der Waals surface area contributed by atoms with Crippen LogP contribution in [0.4, 0.5) is 8.78 Å². The van der Waals surface area contributed by atoms with E-state index in [4.69, 9.17) is 0 Å². The Kier molecular flexibility index (Phi) is 3.75. The highest BCUT2D eigenvalue weighted by atomic mass is 19.3. The molecule has 1 nitrogen and oxygen atoms in total. The second-order valence-corrected chi connectivity index (χ2v) is 4.29. The lowest BCUT2D eigenvalue weighted by Gasteiger charge is -2.22. The maximum Gasteiger partial charge on any atom is 0.387 e. The van der Waals surface area contributed by atoms with E-state index in [1.165, 1.54) is 19.3 Å². The molecule has 0 N–H and O–H groups in total. The zero-order valence-electron chi connectivity index (χ0n) is 9.16. The predicted octanol–water partition coefficient (Wildman–Crippen LogP) is 4.34. The fourth-order valence-corrected chi connectivity index (χ4v) is 2.38. The molecule has 0 spiro atoms. The third-order valence-electron chi connectivity index (χ3n) is 3.16. The van der Waals surface area contributed by atoms with Crippen LogP contribution in [-0.4, -0.2) is 6.61 Å². The number of rotatable bonds is 3. The van der Waals surface area contributed by atoms with Gasteiger partial charge in [-0.1, -0.05) is 31.4 Å². The molecule has 0 atom stereocenters. The summed E-state index contributed by atoms with van der Waals surface area (Å²) in [7, 11) is 0. The molecule has 0 heterocycles. The topological polar surface area (TPSA) is 9.23 Å². The van der Waals surface area contributed by atoms with Gasteiger partial charge in [0.15, 0.2) is 0 Å². The van der Waals surface area contributed by atoms with Gasteiger partial charge in [0.2, 0.25) is 0 Å². The Morgan fingerprint density at radius 2 is 1.88 bits per heavy atom. The minimum Gasteiger partial charge on any atom is -0.435 e. The van der Waals surface area contributed by atoms with Gasteiger partial charge in [-0.05, 0) is 36.5 Å². The number of alkyl halides is 2. The molecule has 2 rings (SSSR count). The third kappa shape index (κ3) is 2.94. The Balaban J connectivity index is 2.08. The molecule has 16 heavy (non-hydrogen) atoms. The van der Waals surface area contributed by atoms with E-state index in [2.05, 4.69) is 4.74 Å². The Bertz CT molecular complexity index is 332. The Morgan fingerprint density at radius 1 is 1.12 bits per heavy atom. The molecule has 0 radical (unpaired) electrons. The molecule has 1 aliphatic rings. The van der Waals surface area contributed by atoms with Crippen LogP contribution in [0.15, 0.2) is 24.3 Å². The first-order valence-electron chi connectivity index (χ1n) is 5.80. The minimum absolute atomic E-state index is 0.276. The van der Waals surface area contributed by atoms with Gasteiger partial charge in [-0.15, -0.1) is 0 Å². The van der Waals surface area contributed by atoms with Crippen molar-refractivity contribution in [1.82, 2.24) is 0 Å². The van der Waals surface area contributed by atoms with Gasteiger partial charge in [0.05, 0.1) is 0 Å². The van der Waals surface area contributed by atoms with E-state index in [0.717, 1.165) is 18.4 Å². The van der Waals surface area contributed by atoms with Gasteiger partial charge in [-0.2, -0.15) is 8.78 Å². The monoisotopic (exact) mass is 226 g/mol. The molecule has 0 saturated heterocycles. The summed E-state index contributed by atoms with van der Waals surface area (Å²) >= 11 is 0. The van der Waals surface area contributed by atoms with E-state index in [0.29, 0.717) is 5.92 Å². The van der Waals surface area contributed by atoms with Crippen LogP contribution in [0.5, 0.6) is 5.75 Å². The van der Waals surface area contributed by atoms with Crippen molar-refractivity contribution < 1.29 is 13.5 Å². The zero-order chi connectivity index (χ0) is 11.4. The molecule has 1 aromatic rings. The van der Waals surface area contributed by atoms with Crippen molar-refractivity contribution in [2.75, 3.05) is 0 Å². The third-order valence-corrected chi connectivity index (χ3v) is 3.16. The standard InChI is InChI=1S/C13H16F2O/c14-13(15)16-12-8-4-7-11(9-12)10-5-2-1-3-6-10/h4,7-10,13H,1-3,5-6H2. The molecular weight excluding hydrogens is 210 g/mol. The van der Waals surface area contributed by atoms with Crippen molar-refractivity contribution in [3.63, 3.8) is 0 Å². The normalized spacial score (nSPS) is 17.7. The van der Waals surface area contributed by atoms with Gasteiger partial charge in [0, 0.05) is 0 Å². The van der Waals surface area contributed by atoms with E-state index in [1.807, 2.05) is 6.07 Å². The average molecular weight is 226 g/mol. The molecule has 0 bridgehead atoms. The molecule has 0 aliphatic heterocycles. The van der Waals surface area contributed by atoms with Crippen molar-refractivity contribution in [1.29, 1.82) is 0 Å². The van der Waals surface area contributed by atoms with Gasteiger partial charge in [-0.3, -0.25) is 0 Å². The summed E-state index contributed by atoms with van der Waals surface area (Å²) in [5, 5.41) is 0. The first-order chi connectivity index (χ1) is 7.75. The summed E-state index contributed by atoms with van der Waals surface area (Å²) in [6.07, 6.45) is 6.11. The van der Waals surface area contributed by atoms with Crippen molar-refractivity contribution in [2.45, 2.75) is 44.6 Å². The van der Waals surface area contributed by atoms with Crippen LogP contribution in [0.1, 0.15) is 43.6 Å². The van der Waals surface area contributed by atoms with Crippen LogP contribution < -0.4 is 4.74 Å². The smallest absolute Gasteiger partial charge is 0.387 e. The van der Waals surface area contributed by atoms with Crippen molar-refractivity contribution >= 4 is 0 Å². The summed E-state index contributed by atoms with van der Waals surface area (Å²) in [4.78, 5) is 0. The highest BCUT2D eigenvalue weighted by Gasteiger charge is 2.16. The molecule has 1 saturated carbocycles. The minimum atomic E-state index is -2.73. The molecule has 3 heteroatoms. The molecule has 1 aromatic carbocycles. The number of benzene rings is 1. The Morgan fingerprint density at radius 3 is 2.56 bits per heavy atom. The van der Waals surface area contributed by atoms with Gasteiger partial charge < -0.3 is 4.74 Å². The van der Waals surface area contributed by atoms with E-state index in [9.17, 15) is 8.78 Å². The summed E-state index contributed by atoms with van der Waals surface area (Å²) in [5.41, 5.74) is 1.14. The molecule has 88 valence electrons. The highest BCUT2D eigenvalue weighted by molar-refractivity contribution is 5.31. The van der Waals surface area contributed by atoms with Gasteiger partial charge in [-0.25, -0.2) is 0 Å². The number of hydrogen-bond donors (Lipinski definition) is 0. The molecule has 0 unspecified atom stereocenters. The average Bonchev–Trinajstić information content (AvgIpc) is 2.30. The maximum atomic E-state index is 12.1. The summed E-state index contributed by atoms with van der Waals surface area (Å²) in [5.74, 6) is 0.799. The van der Waals surface area contributed by atoms with E-state index in [1.54, 1.807) is 18.2 Å². The number of halogens is 2. The lowest BCUT2D eigenvalue weighted by Crippen LogP contribution is -2.06. The summed E-state index contributed by atoms with van der Waals surface area (Å²) in [6, 6.07) is 7.14. The lowest BCUT2D eigenvalue weighted by molar-refractivity contribution is -0.0499. The first-order valence-corrected chi connectivity index (χ1v) is 5.80. The van der Waals surface area contributed by atoms with E-state index in [-0.39, 0.29) is 5.75 Å². The van der Waals surface area contributed by atoms with Crippen LogP contribution in [-0.2, 0) is 0 Å². The fraction of sp³-hybridized carbons (Fsp3) is 0.538. The van der Waals surface area contributed by atoms with Crippen LogP contribution >= 0.6 is 0 Å². The summed E-state index contributed by atoms with van der Waals surface area (Å²) in [6.45, 7) is -2.73. The van der Waals surface area contributed by atoms with Crippen LogP contribution in [0.2, 0.25) is 0 Å². The van der Waals surface area contributed by atoms with Gasteiger partial charge >= 0.3 is 6.61 Å². The van der Waals surface area contributed by atoms with Crippen molar-refractivity contribution in [3.05, 3.63) is 29.8 Å².